The summed E-state index contributed by atoms with van der Waals surface area (Å²) in [6.07, 6.45) is -1.00. The molecule has 3 N–H and O–H groups in total. The van der Waals surface area contributed by atoms with Crippen LogP contribution in [0.1, 0.15) is 23.7 Å². The smallest absolute Gasteiger partial charge is 0.254 e. The Morgan fingerprint density at radius 1 is 1.27 bits per heavy atom. The lowest BCUT2D eigenvalue weighted by Crippen LogP contribution is -2.64. The van der Waals surface area contributed by atoms with Crippen LogP contribution in [0.2, 0.25) is 0 Å². The lowest BCUT2D eigenvalue weighted by atomic mass is 10.0. The first-order valence-electron chi connectivity index (χ1n) is 7.93. The Bertz CT molecular complexity index is 786. The van der Waals surface area contributed by atoms with Gasteiger partial charge >= 0.3 is 0 Å². The molecule has 1 aromatic rings. The molecule has 4 atom stereocenters. The predicted octanol–water partition coefficient (Wildman–Crippen LogP) is -0.318. The average Bonchev–Trinajstić information content (AvgIpc) is 2.98. The predicted molar refractivity (Wildman–Crippen MR) is 81.3 cm³/mol. The van der Waals surface area contributed by atoms with Crippen LogP contribution in [-0.2, 0) is 9.59 Å². The molecule has 0 unspecified atom stereocenters. The number of benzene rings is 1. The van der Waals surface area contributed by atoms with Gasteiger partial charge in [0.15, 0.2) is 11.6 Å². The summed E-state index contributed by atoms with van der Waals surface area (Å²) in [5.41, 5.74) is -0.675. The minimum absolute atomic E-state index is 0.0167. The minimum Gasteiger partial charge on any atom is -0.391 e. The van der Waals surface area contributed by atoms with Crippen molar-refractivity contribution in [1.29, 1.82) is 0 Å². The molecule has 3 amide bonds. The second-order valence-corrected chi connectivity index (χ2v) is 6.39. The summed E-state index contributed by atoms with van der Waals surface area (Å²) in [7, 11) is 0. The molecule has 2 aliphatic rings. The molecule has 2 saturated heterocycles. The van der Waals surface area contributed by atoms with Crippen molar-refractivity contribution in [2.24, 2.45) is 0 Å². The van der Waals surface area contributed by atoms with Crippen molar-refractivity contribution in [3.63, 3.8) is 0 Å². The van der Waals surface area contributed by atoms with E-state index in [0.29, 0.717) is 6.07 Å². The molecule has 0 aliphatic carbocycles. The van der Waals surface area contributed by atoms with Crippen molar-refractivity contribution in [3.8, 4) is 0 Å². The third-order valence-corrected chi connectivity index (χ3v) is 4.52. The molecule has 26 heavy (non-hydrogen) atoms. The number of aliphatic hydroxyl groups is 1. The Morgan fingerprint density at radius 2 is 1.92 bits per heavy atom. The van der Waals surface area contributed by atoms with Gasteiger partial charge in [0.25, 0.3) is 5.91 Å². The Balaban J connectivity index is 1.73. The molecule has 0 bridgehead atoms. The van der Waals surface area contributed by atoms with Gasteiger partial charge in [-0.25, -0.2) is 13.2 Å². The number of rotatable bonds is 3. The maximum atomic E-state index is 13.7. The molecule has 2 fully saturated rings. The number of hydrogen-bond acceptors (Lipinski definition) is 4. The summed E-state index contributed by atoms with van der Waals surface area (Å²) in [6, 6.07) is -1.85. The number of piperazine rings is 1. The topological polar surface area (TPSA) is 98.7 Å². The van der Waals surface area contributed by atoms with Crippen LogP contribution in [0.4, 0.5) is 13.2 Å². The normalized spacial score (nSPS) is 26.3. The fraction of sp³-hybridized carbons (Fsp3) is 0.438. The number of aliphatic hydroxyl groups excluding tert-OH is 1. The highest BCUT2D eigenvalue weighted by Crippen LogP contribution is 2.24. The standard InChI is InChI=1S/C16H16F3N3O4/c1-6(23)13-16(26)22-5-7(2-12(22)15(25)21-13)20-14(24)8-3-10(18)11(19)4-9(8)17/h3-4,6-7,12-13,23H,2,5H2,1H3,(H,20,24)(H,21,25)/t6-,7+,12+,13+/m1/s1. The maximum absolute atomic E-state index is 13.7. The molecule has 140 valence electrons. The molecular weight excluding hydrogens is 355 g/mol. The van der Waals surface area contributed by atoms with Gasteiger partial charge in [-0.15, -0.1) is 0 Å². The summed E-state index contributed by atoms with van der Waals surface area (Å²) >= 11 is 0. The summed E-state index contributed by atoms with van der Waals surface area (Å²) in [5.74, 6) is -5.93. The zero-order chi connectivity index (χ0) is 19.2. The van der Waals surface area contributed by atoms with Gasteiger partial charge in [0.05, 0.1) is 11.7 Å². The van der Waals surface area contributed by atoms with Gasteiger partial charge in [-0.3, -0.25) is 14.4 Å². The van der Waals surface area contributed by atoms with Crippen LogP contribution >= 0.6 is 0 Å². The molecule has 0 spiro atoms. The van der Waals surface area contributed by atoms with Crippen LogP contribution in [0.25, 0.3) is 0 Å². The van der Waals surface area contributed by atoms with E-state index in [2.05, 4.69) is 10.6 Å². The van der Waals surface area contributed by atoms with E-state index in [9.17, 15) is 32.7 Å². The number of amides is 3. The molecule has 3 rings (SSSR count). The fourth-order valence-corrected chi connectivity index (χ4v) is 3.21. The van der Waals surface area contributed by atoms with Crippen molar-refractivity contribution >= 4 is 17.7 Å². The largest absolute Gasteiger partial charge is 0.391 e. The quantitative estimate of drug-likeness (QED) is 0.635. The zero-order valence-corrected chi connectivity index (χ0v) is 13.6. The molecule has 0 saturated carbocycles. The lowest BCUT2D eigenvalue weighted by Gasteiger charge is -2.35. The average molecular weight is 371 g/mol. The summed E-state index contributed by atoms with van der Waals surface area (Å²) in [4.78, 5) is 37.8. The van der Waals surface area contributed by atoms with Crippen molar-refractivity contribution in [2.75, 3.05) is 6.54 Å². The highest BCUT2D eigenvalue weighted by molar-refractivity contribution is 5.98. The third kappa shape index (κ3) is 3.12. The number of halogens is 3. The molecular formula is C16H16F3N3O4. The Labute approximate surface area is 146 Å². The molecule has 2 heterocycles. The SMILES string of the molecule is C[C@@H](O)[C@@H]1NC(=O)[C@@H]2C[C@H](NC(=O)c3cc(F)c(F)cc3F)CN2C1=O. The molecule has 1 aromatic carbocycles. The summed E-state index contributed by atoms with van der Waals surface area (Å²) in [5, 5.41) is 14.4. The molecule has 10 heteroatoms. The first kappa shape index (κ1) is 18.2. The summed E-state index contributed by atoms with van der Waals surface area (Å²) < 4.78 is 39.9. The third-order valence-electron chi connectivity index (χ3n) is 4.52. The van der Waals surface area contributed by atoms with Gasteiger partial charge in [-0.1, -0.05) is 0 Å². The van der Waals surface area contributed by atoms with E-state index in [4.69, 9.17) is 0 Å². The maximum Gasteiger partial charge on any atom is 0.254 e. The van der Waals surface area contributed by atoms with Crippen molar-refractivity contribution in [1.82, 2.24) is 15.5 Å². The lowest BCUT2D eigenvalue weighted by molar-refractivity contribution is -0.149. The number of nitrogens with one attached hydrogen (secondary N) is 2. The number of hydrogen-bond donors (Lipinski definition) is 3. The Kier molecular flexibility index (Phi) is 4.61. The van der Waals surface area contributed by atoms with Crippen molar-refractivity contribution < 1.29 is 32.7 Å². The molecule has 0 radical (unpaired) electrons. The van der Waals surface area contributed by atoms with Crippen LogP contribution in [0.5, 0.6) is 0 Å². The van der Waals surface area contributed by atoms with E-state index in [1.54, 1.807) is 0 Å². The molecule has 0 aromatic heterocycles. The van der Waals surface area contributed by atoms with Crippen LogP contribution in [0, 0.1) is 17.5 Å². The molecule has 2 aliphatic heterocycles. The van der Waals surface area contributed by atoms with Crippen LogP contribution < -0.4 is 10.6 Å². The van der Waals surface area contributed by atoms with Crippen LogP contribution in [0.3, 0.4) is 0 Å². The second-order valence-electron chi connectivity index (χ2n) is 6.39. The highest BCUT2D eigenvalue weighted by Gasteiger charge is 2.48. The Hall–Kier alpha value is -2.62. The van der Waals surface area contributed by atoms with E-state index in [-0.39, 0.29) is 19.0 Å². The van der Waals surface area contributed by atoms with Crippen LogP contribution in [0.15, 0.2) is 12.1 Å². The Morgan fingerprint density at radius 3 is 2.58 bits per heavy atom. The van der Waals surface area contributed by atoms with E-state index in [1.165, 1.54) is 11.8 Å². The minimum atomic E-state index is -1.41. The van der Waals surface area contributed by atoms with E-state index < -0.39 is 65.0 Å². The fourth-order valence-electron chi connectivity index (χ4n) is 3.21. The van der Waals surface area contributed by atoms with E-state index >= 15 is 0 Å². The van der Waals surface area contributed by atoms with Gasteiger partial charge in [-0.2, -0.15) is 0 Å². The monoisotopic (exact) mass is 371 g/mol. The van der Waals surface area contributed by atoms with Crippen molar-refractivity contribution in [3.05, 3.63) is 35.1 Å². The molecule has 7 nitrogen and oxygen atoms in total. The van der Waals surface area contributed by atoms with Crippen molar-refractivity contribution in [2.45, 2.75) is 37.6 Å². The zero-order valence-electron chi connectivity index (χ0n) is 13.6. The highest BCUT2D eigenvalue weighted by atomic mass is 19.2. The number of carbonyl (C=O) groups is 3. The van der Waals surface area contributed by atoms with Gasteiger partial charge in [-0.05, 0) is 19.4 Å². The first-order chi connectivity index (χ1) is 12.2. The number of nitrogens with zero attached hydrogens (tertiary/aromatic N) is 1. The van der Waals surface area contributed by atoms with Gasteiger partial charge in [0.1, 0.15) is 17.9 Å². The van der Waals surface area contributed by atoms with Gasteiger partial charge in [0.2, 0.25) is 11.8 Å². The number of carbonyl (C=O) groups excluding carboxylic acids is 3. The van der Waals surface area contributed by atoms with E-state index in [1.807, 2.05) is 0 Å². The summed E-state index contributed by atoms with van der Waals surface area (Å²) in [6.45, 7) is 1.35. The first-order valence-corrected chi connectivity index (χ1v) is 7.93. The van der Waals surface area contributed by atoms with Gasteiger partial charge in [0, 0.05) is 18.7 Å². The number of fused-ring (bicyclic) bond motifs is 1. The second kappa shape index (κ2) is 6.60. The van der Waals surface area contributed by atoms with Crippen LogP contribution in [-0.4, -0.2) is 58.5 Å². The van der Waals surface area contributed by atoms with Gasteiger partial charge < -0.3 is 20.6 Å². The van der Waals surface area contributed by atoms with E-state index in [0.717, 1.165) is 0 Å².